The minimum absolute atomic E-state index is 0.0255. The lowest BCUT2D eigenvalue weighted by Gasteiger charge is -2.32. The highest BCUT2D eigenvalue weighted by Crippen LogP contribution is 2.34. The molecular weight excluding hydrogens is 352 g/mol. The number of hydrogen-bond donors (Lipinski definition) is 0. The van der Waals surface area contributed by atoms with Crippen LogP contribution in [0.25, 0.3) is 0 Å². The molecule has 0 aromatic heterocycles. The van der Waals surface area contributed by atoms with E-state index in [4.69, 9.17) is 0 Å². The zero-order chi connectivity index (χ0) is 18.4. The van der Waals surface area contributed by atoms with Crippen molar-refractivity contribution in [1.29, 1.82) is 0 Å². The molecule has 0 saturated heterocycles. The Labute approximate surface area is 161 Å². The predicted molar refractivity (Wildman–Crippen MR) is 115 cm³/mol. The number of hydrogen-bond acceptors (Lipinski definition) is 2. The first kappa shape index (κ1) is 18.7. The Kier molecular flexibility index (Phi) is 6.12. The van der Waals surface area contributed by atoms with Crippen LogP contribution in [0.15, 0.2) is 95.9 Å². The van der Waals surface area contributed by atoms with E-state index in [2.05, 4.69) is 61.6 Å². The molecule has 3 heteroatoms. The monoisotopic (exact) mass is 376 g/mol. The molecule has 132 valence electrons. The standard InChI is InChI=1S/C23H24OSSi/c1-26(2,21-16-10-5-11-17-21)22(18-19-12-6-3-7-13-19)23(24)25-20-14-8-4-9-15-20/h3-17,22H,18H2,1-2H3/t22-/m1/s1. The maximum Gasteiger partial charge on any atom is 0.194 e. The summed E-state index contributed by atoms with van der Waals surface area (Å²) in [5.41, 5.74) is 1.26. The summed E-state index contributed by atoms with van der Waals surface area (Å²) >= 11 is 1.39. The van der Waals surface area contributed by atoms with E-state index in [9.17, 15) is 4.79 Å². The van der Waals surface area contributed by atoms with Crippen LogP contribution in [-0.4, -0.2) is 13.2 Å². The zero-order valence-corrected chi connectivity index (χ0v) is 17.1. The maximum atomic E-state index is 13.3. The summed E-state index contributed by atoms with van der Waals surface area (Å²) in [4.78, 5) is 14.4. The zero-order valence-electron chi connectivity index (χ0n) is 15.3. The average molecular weight is 377 g/mol. The molecule has 0 aliphatic carbocycles. The highest BCUT2D eigenvalue weighted by Gasteiger charge is 2.38. The third-order valence-corrected chi connectivity index (χ3v) is 10.2. The van der Waals surface area contributed by atoms with Crippen molar-refractivity contribution in [1.82, 2.24) is 0 Å². The van der Waals surface area contributed by atoms with Gasteiger partial charge in [-0.05, 0) is 24.1 Å². The molecule has 26 heavy (non-hydrogen) atoms. The van der Waals surface area contributed by atoms with Crippen LogP contribution in [0.5, 0.6) is 0 Å². The maximum absolute atomic E-state index is 13.3. The van der Waals surface area contributed by atoms with E-state index in [1.165, 1.54) is 22.5 Å². The summed E-state index contributed by atoms with van der Waals surface area (Å²) in [6.45, 7) is 4.64. The summed E-state index contributed by atoms with van der Waals surface area (Å²) in [6.07, 6.45) is 0.799. The van der Waals surface area contributed by atoms with Crippen molar-refractivity contribution in [3.8, 4) is 0 Å². The molecule has 0 unspecified atom stereocenters. The summed E-state index contributed by atoms with van der Waals surface area (Å²) in [5, 5.41) is 1.61. The van der Waals surface area contributed by atoms with E-state index in [1.807, 2.05) is 42.5 Å². The van der Waals surface area contributed by atoms with Gasteiger partial charge in [-0.3, -0.25) is 4.79 Å². The lowest BCUT2D eigenvalue weighted by molar-refractivity contribution is -0.111. The summed E-state index contributed by atoms with van der Waals surface area (Å²) in [5.74, 6) is 0. The first-order valence-corrected chi connectivity index (χ1v) is 12.8. The Hall–Kier alpha value is -2.10. The van der Waals surface area contributed by atoms with Crippen molar-refractivity contribution in [3.63, 3.8) is 0 Å². The van der Waals surface area contributed by atoms with Gasteiger partial charge in [0.05, 0.1) is 8.07 Å². The normalized spacial score (nSPS) is 12.5. The van der Waals surface area contributed by atoms with Gasteiger partial charge >= 0.3 is 0 Å². The second kappa shape index (κ2) is 8.52. The van der Waals surface area contributed by atoms with Crippen molar-refractivity contribution in [2.24, 2.45) is 0 Å². The van der Waals surface area contributed by atoms with Gasteiger partial charge < -0.3 is 0 Å². The molecule has 0 heterocycles. The van der Waals surface area contributed by atoms with Crippen LogP contribution >= 0.6 is 11.8 Å². The van der Waals surface area contributed by atoms with E-state index >= 15 is 0 Å². The fourth-order valence-electron chi connectivity index (χ4n) is 3.23. The second-order valence-corrected chi connectivity index (χ2v) is 12.9. The molecule has 3 aromatic rings. The fraction of sp³-hybridized carbons (Fsp3) is 0.174. The van der Waals surface area contributed by atoms with Gasteiger partial charge in [-0.1, -0.05) is 109 Å². The Bertz CT molecular complexity index is 832. The van der Waals surface area contributed by atoms with Crippen LogP contribution in [-0.2, 0) is 11.2 Å². The summed E-state index contributed by atoms with van der Waals surface area (Å²) < 4.78 is 0. The smallest absolute Gasteiger partial charge is 0.194 e. The van der Waals surface area contributed by atoms with Gasteiger partial charge in [0.25, 0.3) is 0 Å². The van der Waals surface area contributed by atoms with Gasteiger partial charge in [0, 0.05) is 10.4 Å². The number of rotatable bonds is 6. The first-order chi connectivity index (χ1) is 12.6. The average Bonchev–Trinajstić information content (AvgIpc) is 2.68. The molecule has 3 rings (SSSR count). The van der Waals surface area contributed by atoms with Crippen molar-refractivity contribution < 1.29 is 4.79 Å². The molecule has 1 nitrogen and oxygen atoms in total. The number of carbonyl (C=O) groups is 1. The molecule has 0 amide bonds. The van der Waals surface area contributed by atoms with Gasteiger partial charge in [-0.25, -0.2) is 0 Å². The lowest BCUT2D eigenvalue weighted by atomic mass is 10.1. The van der Waals surface area contributed by atoms with Crippen molar-refractivity contribution in [3.05, 3.63) is 96.6 Å². The number of benzene rings is 3. The van der Waals surface area contributed by atoms with Gasteiger partial charge in [-0.15, -0.1) is 0 Å². The second-order valence-electron chi connectivity index (χ2n) is 7.06. The molecule has 0 radical (unpaired) electrons. The van der Waals surface area contributed by atoms with E-state index < -0.39 is 8.07 Å². The van der Waals surface area contributed by atoms with Crippen LogP contribution in [0, 0.1) is 0 Å². The molecule has 3 aromatic carbocycles. The fourth-order valence-corrected chi connectivity index (χ4v) is 7.83. The van der Waals surface area contributed by atoms with Crippen LogP contribution < -0.4 is 5.19 Å². The van der Waals surface area contributed by atoms with Crippen LogP contribution in [0.2, 0.25) is 18.6 Å². The highest BCUT2D eigenvalue weighted by atomic mass is 32.2. The van der Waals surface area contributed by atoms with E-state index in [1.54, 1.807) is 0 Å². The molecule has 0 aliphatic rings. The summed E-state index contributed by atoms with van der Waals surface area (Å²) in [7, 11) is -1.98. The van der Waals surface area contributed by atoms with Crippen LogP contribution in [0.1, 0.15) is 5.56 Å². The molecule has 0 aliphatic heterocycles. The molecule has 0 bridgehead atoms. The van der Waals surface area contributed by atoms with Gasteiger partial charge in [-0.2, -0.15) is 0 Å². The molecule has 0 fully saturated rings. The number of carbonyl (C=O) groups excluding carboxylic acids is 1. The highest BCUT2D eigenvalue weighted by molar-refractivity contribution is 8.14. The molecule has 0 N–H and O–H groups in total. The largest absolute Gasteiger partial charge is 0.287 e. The van der Waals surface area contributed by atoms with E-state index in [0.29, 0.717) is 0 Å². The van der Waals surface area contributed by atoms with Gasteiger partial charge in [0.2, 0.25) is 0 Å². The summed E-state index contributed by atoms with van der Waals surface area (Å²) in [6, 6.07) is 31.0. The number of thioether (sulfide) groups is 1. The predicted octanol–water partition coefficient (Wildman–Crippen LogP) is 5.53. The Morgan fingerprint density at radius 2 is 1.31 bits per heavy atom. The van der Waals surface area contributed by atoms with Crippen molar-refractivity contribution in [2.75, 3.05) is 0 Å². The quantitative estimate of drug-likeness (QED) is 0.415. The van der Waals surface area contributed by atoms with Gasteiger partial charge in [0.15, 0.2) is 5.12 Å². The SMILES string of the molecule is C[Si](C)(c1ccccc1)[C@H](Cc1ccccc1)C(=O)Sc1ccccc1. The Balaban J connectivity index is 1.92. The van der Waals surface area contributed by atoms with E-state index in [0.717, 1.165) is 11.3 Å². The molecular formula is C23H24OSSi. The topological polar surface area (TPSA) is 17.1 Å². The van der Waals surface area contributed by atoms with Crippen molar-refractivity contribution in [2.45, 2.75) is 30.0 Å². The Morgan fingerprint density at radius 1 is 0.808 bits per heavy atom. The molecule has 0 saturated carbocycles. The van der Waals surface area contributed by atoms with Gasteiger partial charge in [0.1, 0.15) is 0 Å². The van der Waals surface area contributed by atoms with E-state index in [-0.39, 0.29) is 10.7 Å². The minimum Gasteiger partial charge on any atom is -0.287 e. The Morgan fingerprint density at radius 3 is 1.88 bits per heavy atom. The van der Waals surface area contributed by atoms with Crippen LogP contribution in [0.3, 0.4) is 0 Å². The minimum atomic E-state index is -1.98. The van der Waals surface area contributed by atoms with Crippen molar-refractivity contribution >= 4 is 30.1 Å². The third-order valence-electron chi connectivity index (χ3n) is 4.92. The van der Waals surface area contributed by atoms with Crippen LogP contribution in [0.4, 0.5) is 0 Å². The lowest BCUT2D eigenvalue weighted by Crippen LogP contribution is -2.49. The third kappa shape index (κ3) is 4.54. The first-order valence-electron chi connectivity index (χ1n) is 8.93. The molecule has 0 spiro atoms. The molecule has 1 atom stereocenters.